The molecule has 1 amide bonds. The molecular weight excluding hydrogens is 458 g/mol. The molecule has 0 aromatic heterocycles. The number of amides is 1. The van der Waals surface area contributed by atoms with Gasteiger partial charge in [-0.3, -0.25) is 4.79 Å². The summed E-state index contributed by atoms with van der Waals surface area (Å²) in [6.45, 7) is 1.65. The average molecular weight is 482 g/mol. The molecule has 0 spiro atoms. The first-order chi connectivity index (χ1) is 16.4. The average Bonchev–Trinajstić information content (AvgIpc) is 2.85. The summed E-state index contributed by atoms with van der Waals surface area (Å²) in [6, 6.07) is 21.1. The molecule has 10 heteroatoms. The van der Waals surface area contributed by atoms with Crippen LogP contribution in [0.15, 0.2) is 88.9 Å². The number of hydrogen-bond acceptors (Lipinski definition) is 7. The van der Waals surface area contributed by atoms with E-state index in [1.807, 2.05) is 0 Å². The highest BCUT2D eigenvalue weighted by molar-refractivity contribution is 7.89. The Hall–Kier alpha value is -4.02. The van der Waals surface area contributed by atoms with Gasteiger partial charge in [0.05, 0.1) is 29.8 Å². The van der Waals surface area contributed by atoms with Gasteiger partial charge in [0.25, 0.3) is 5.91 Å². The highest BCUT2D eigenvalue weighted by Gasteiger charge is 2.15. The monoisotopic (exact) mass is 481 g/mol. The van der Waals surface area contributed by atoms with Gasteiger partial charge in [0.15, 0.2) is 11.5 Å². The van der Waals surface area contributed by atoms with E-state index in [1.165, 1.54) is 18.3 Å². The van der Waals surface area contributed by atoms with Crippen molar-refractivity contribution in [1.82, 2.24) is 10.1 Å². The van der Waals surface area contributed by atoms with E-state index < -0.39 is 28.4 Å². The van der Waals surface area contributed by atoms with Crippen molar-refractivity contribution >= 4 is 28.1 Å². The fraction of sp³-hybridized carbons (Fsp3) is 0.125. The third-order valence-electron chi connectivity index (χ3n) is 4.36. The third kappa shape index (κ3) is 6.99. The van der Waals surface area contributed by atoms with Gasteiger partial charge in [-0.1, -0.05) is 36.4 Å². The van der Waals surface area contributed by atoms with E-state index in [0.717, 1.165) is 0 Å². The zero-order valence-electron chi connectivity index (χ0n) is 18.3. The molecule has 0 aliphatic heterocycles. The summed E-state index contributed by atoms with van der Waals surface area (Å²) in [5, 5.41) is 3.83. The van der Waals surface area contributed by atoms with Crippen LogP contribution in [0.25, 0.3) is 0 Å². The molecule has 3 aromatic rings. The Kier molecular flexibility index (Phi) is 8.49. The second-order valence-electron chi connectivity index (χ2n) is 6.83. The molecule has 34 heavy (non-hydrogen) atoms. The summed E-state index contributed by atoms with van der Waals surface area (Å²) < 4.78 is 37.5. The van der Waals surface area contributed by atoms with Crippen molar-refractivity contribution in [2.75, 3.05) is 13.2 Å². The number of sulfonamides is 1. The minimum Gasteiger partial charge on any atom is -0.490 e. The van der Waals surface area contributed by atoms with Gasteiger partial charge in [-0.25, -0.2) is 23.4 Å². The predicted molar refractivity (Wildman–Crippen MR) is 126 cm³/mol. The standard InChI is InChI=1S/C24H23N3O6S/c1-2-32-22-15-18(13-14-21(22)33-24(29)19-9-5-3-6-10-19)16-25-27-23(28)17-26-34(30,31)20-11-7-4-8-12-20/h3-16,26H,2,17H2,1H3,(H,27,28)/b25-16-. The molecule has 0 bridgehead atoms. The lowest BCUT2D eigenvalue weighted by molar-refractivity contribution is -0.119. The highest BCUT2D eigenvalue weighted by Crippen LogP contribution is 2.29. The number of carbonyl (C=O) groups is 2. The number of rotatable bonds is 10. The lowest BCUT2D eigenvalue weighted by atomic mass is 10.2. The van der Waals surface area contributed by atoms with E-state index >= 15 is 0 Å². The van der Waals surface area contributed by atoms with Crippen molar-refractivity contribution < 1.29 is 27.5 Å². The second kappa shape index (κ2) is 11.7. The van der Waals surface area contributed by atoms with Crippen molar-refractivity contribution in [2.45, 2.75) is 11.8 Å². The molecule has 0 unspecified atom stereocenters. The number of nitrogens with zero attached hydrogens (tertiary/aromatic N) is 1. The SMILES string of the molecule is CCOc1cc(/C=N\NC(=O)CNS(=O)(=O)c2ccccc2)ccc1OC(=O)c1ccccc1. The molecule has 0 fully saturated rings. The maximum absolute atomic E-state index is 12.3. The third-order valence-corrected chi connectivity index (χ3v) is 5.78. The van der Waals surface area contributed by atoms with E-state index in [2.05, 4.69) is 15.2 Å². The quantitative estimate of drug-likeness (QED) is 0.199. The molecule has 0 saturated heterocycles. The number of hydrazone groups is 1. The summed E-state index contributed by atoms with van der Waals surface area (Å²) in [5.74, 6) is -0.590. The molecule has 0 atom stereocenters. The molecule has 2 N–H and O–H groups in total. The normalized spacial score (nSPS) is 11.2. The number of benzene rings is 3. The first-order valence-corrected chi connectivity index (χ1v) is 11.8. The maximum atomic E-state index is 12.3. The topological polar surface area (TPSA) is 123 Å². The molecule has 0 radical (unpaired) electrons. The smallest absolute Gasteiger partial charge is 0.343 e. The van der Waals surface area contributed by atoms with Crippen LogP contribution in [0.2, 0.25) is 0 Å². The Bertz CT molecular complexity index is 1260. The number of esters is 1. The van der Waals surface area contributed by atoms with E-state index in [-0.39, 0.29) is 10.6 Å². The van der Waals surface area contributed by atoms with Gasteiger partial charge in [0.2, 0.25) is 10.0 Å². The summed E-state index contributed by atoms with van der Waals surface area (Å²) in [4.78, 5) is 24.3. The Labute approximate surface area is 197 Å². The molecule has 0 saturated carbocycles. The van der Waals surface area contributed by atoms with Crippen LogP contribution in [0.3, 0.4) is 0 Å². The van der Waals surface area contributed by atoms with Gasteiger partial charge in [-0.05, 0) is 55.0 Å². The Morgan fingerprint density at radius 3 is 2.29 bits per heavy atom. The Morgan fingerprint density at radius 2 is 1.62 bits per heavy atom. The fourth-order valence-corrected chi connectivity index (χ4v) is 3.76. The zero-order chi connectivity index (χ0) is 24.4. The molecule has 176 valence electrons. The van der Waals surface area contributed by atoms with Gasteiger partial charge in [-0.2, -0.15) is 5.10 Å². The van der Waals surface area contributed by atoms with Crippen molar-refractivity contribution in [3.63, 3.8) is 0 Å². The van der Waals surface area contributed by atoms with Crippen molar-refractivity contribution in [2.24, 2.45) is 5.10 Å². The van der Waals surface area contributed by atoms with Crippen molar-refractivity contribution in [1.29, 1.82) is 0 Å². The highest BCUT2D eigenvalue weighted by atomic mass is 32.2. The maximum Gasteiger partial charge on any atom is 0.343 e. The van der Waals surface area contributed by atoms with E-state index in [1.54, 1.807) is 73.7 Å². The second-order valence-corrected chi connectivity index (χ2v) is 8.59. The van der Waals surface area contributed by atoms with Crippen LogP contribution in [0, 0.1) is 0 Å². The number of ether oxygens (including phenoxy) is 2. The molecule has 0 aliphatic carbocycles. The van der Waals surface area contributed by atoms with E-state index in [9.17, 15) is 18.0 Å². The van der Waals surface area contributed by atoms with Crippen molar-refractivity contribution in [3.8, 4) is 11.5 Å². The van der Waals surface area contributed by atoms with Gasteiger partial charge < -0.3 is 9.47 Å². The fourth-order valence-electron chi connectivity index (χ4n) is 2.75. The minimum atomic E-state index is -3.80. The molecule has 3 rings (SSSR count). The van der Waals surface area contributed by atoms with Gasteiger partial charge >= 0.3 is 5.97 Å². The van der Waals surface area contributed by atoms with Crippen LogP contribution in [0.1, 0.15) is 22.8 Å². The minimum absolute atomic E-state index is 0.0582. The first-order valence-electron chi connectivity index (χ1n) is 10.3. The lowest BCUT2D eigenvalue weighted by Crippen LogP contribution is -2.34. The number of nitrogens with one attached hydrogen (secondary N) is 2. The number of carbonyl (C=O) groups excluding carboxylic acids is 2. The van der Waals surface area contributed by atoms with E-state index in [4.69, 9.17) is 9.47 Å². The molecule has 0 aliphatic rings. The Morgan fingerprint density at radius 1 is 0.941 bits per heavy atom. The Balaban J connectivity index is 1.59. The molecule has 0 heterocycles. The summed E-state index contributed by atoms with van der Waals surface area (Å²) in [5.41, 5.74) is 3.22. The van der Waals surface area contributed by atoms with Crippen LogP contribution in [0.5, 0.6) is 11.5 Å². The predicted octanol–water partition coefficient (Wildman–Crippen LogP) is 2.73. The first kappa shape index (κ1) is 24.6. The van der Waals surface area contributed by atoms with Crippen LogP contribution in [-0.2, 0) is 14.8 Å². The van der Waals surface area contributed by atoms with Crippen molar-refractivity contribution in [3.05, 3.63) is 90.0 Å². The van der Waals surface area contributed by atoms with Crippen LogP contribution in [-0.4, -0.2) is 39.7 Å². The molecule has 9 nitrogen and oxygen atoms in total. The van der Waals surface area contributed by atoms with Gasteiger partial charge in [0.1, 0.15) is 0 Å². The van der Waals surface area contributed by atoms with Crippen LogP contribution < -0.4 is 19.6 Å². The van der Waals surface area contributed by atoms with Gasteiger partial charge in [-0.15, -0.1) is 0 Å². The zero-order valence-corrected chi connectivity index (χ0v) is 19.1. The summed E-state index contributed by atoms with van der Waals surface area (Å²) in [6.07, 6.45) is 1.36. The van der Waals surface area contributed by atoms with Gasteiger partial charge in [0, 0.05) is 0 Å². The summed E-state index contributed by atoms with van der Waals surface area (Å²) in [7, 11) is -3.80. The summed E-state index contributed by atoms with van der Waals surface area (Å²) >= 11 is 0. The van der Waals surface area contributed by atoms with E-state index in [0.29, 0.717) is 23.5 Å². The lowest BCUT2D eigenvalue weighted by Gasteiger charge is -2.11. The molecule has 3 aromatic carbocycles. The number of hydrogen-bond donors (Lipinski definition) is 2. The van der Waals surface area contributed by atoms with Crippen LogP contribution in [0.4, 0.5) is 0 Å². The molecular formula is C24H23N3O6S. The van der Waals surface area contributed by atoms with Crippen LogP contribution >= 0.6 is 0 Å². The largest absolute Gasteiger partial charge is 0.490 e.